The van der Waals surface area contributed by atoms with E-state index >= 15 is 0 Å². The van der Waals surface area contributed by atoms with E-state index in [-0.39, 0.29) is 0 Å². The summed E-state index contributed by atoms with van der Waals surface area (Å²) in [7, 11) is 0. The molecule has 5 heteroatoms. The van der Waals surface area contributed by atoms with Crippen LogP contribution in [0.2, 0.25) is 0 Å². The highest BCUT2D eigenvalue weighted by atomic mass is 127. The maximum absolute atomic E-state index is 5.96. The Bertz CT molecular complexity index is 598. The van der Waals surface area contributed by atoms with E-state index in [1.54, 1.807) is 12.1 Å². The zero-order valence-corrected chi connectivity index (χ0v) is 12.2. The fraction of sp³-hybridized carbons (Fsp3) is 0.143. The van der Waals surface area contributed by atoms with Gasteiger partial charge in [-0.25, -0.2) is 0 Å². The van der Waals surface area contributed by atoms with Gasteiger partial charge in [0.2, 0.25) is 0 Å². The molecule has 0 bridgehead atoms. The van der Waals surface area contributed by atoms with Gasteiger partial charge in [0.1, 0.15) is 19.0 Å². The molecule has 4 nitrogen and oxygen atoms in total. The van der Waals surface area contributed by atoms with Crippen LogP contribution in [0.5, 0.6) is 23.0 Å². The number of ether oxygens (including phenoxy) is 3. The van der Waals surface area contributed by atoms with Crippen molar-refractivity contribution in [3.63, 3.8) is 0 Å². The predicted octanol–water partition coefficient (Wildman–Crippen LogP) is 3.44. The minimum absolute atomic E-state index is 0.530. The minimum atomic E-state index is 0.530. The molecule has 2 aromatic carbocycles. The lowest BCUT2D eigenvalue weighted by molar-refractivity contribution is 0.171. The first-order valence-corrected chi connectivity index (χ1v) is 6.93. The number of benzene rings is 2. The van der Waals surface area contributed by atoms with Crippen molar-refractivity contribution in [1.29, 1.82) is 0 Å². The molecule has 19 heavy (non-hydrogen) atoms. The lowest BCUT2D eigenvalue weighted by Gasteiger charge is -2.20. The molecule has 0 amide bonds. The van der Waals surface area contributed by atoms with E-state index < -0.39 is 0 Å². The highest BCUT2D eigenvalue weighted by Crippen LogP contribution is 2.39. The van der Waals surface area contributed by atoms with Gasteiger partial charge in [0, 0.05) is 15.7 Å². The predicted molar refractivity (Wildman–Crippen MR) is 81.1 cm³/mol. The maximum atomic E-state index is 5.96. The van der Waals surface area contributed by atoms with Crippen molar-refractivity contribution in [3.05, 3.63) is 40.0 Å². The molecule has 2 aromatic rings. The van der Waals surface area contributed by atoms with Gasteiger partial charge in [-0.05, 0) is 46.9 Å². The number of nitrogen functional groups attached to an aromatic ring is 1. The highest BCUT2D eigenvalue weighted by Gasteiger charge is 2.15. The summed E-state index contributed by atoms with van der Waals surface area (Å²) < 4.78 is 17.9. The second-order valence-corrected chi connectivity index (χ2v) is 5.34. The molecule has 0 fully saturated rings. The Hall–Kier alpha value is -1.63. The molecule has 0 spiro atoms. The van der Waals surface area contributed by atoms with Gasteiger partial charge < -0.3 is 19.9 Å². The number of anilines is 1. The molecular formula is C14H12INO3. The Kier molecular flexibility index (Phi) is 3.37. The molecule has 0 saturated heterocycles. The molecule has 1 aliphatic heterocycles. The van der Waals surface area contributed by atoms with Crippen LogP contribution in [0.25, 0.3) is 0 Å². The number of nitrogens with two attached hydrogens (primary N) is 1. The Morgan fingerprint density at radius 2 is 1.63 bits per heavy atom. The first-order valence-electron chi connectivity index (χ1n) is 5.85. The second-order valence-electron chi connectivity index (χ2n) is 4.09. The van der Waals surface area contributed by atoms with Crippen molar-refractivity contribution < 1.29 is 14.2 Å². The summed E-state index contributed by atoms with van der Waals surface area (Å²) >= 11 is 2.25. The lowest BCUT2D eigenvalue weighted by atomic mass is 10.2. The molecular weight excluding hydrogens is 357 g/mol. The average molecular weight is 369 g/mol. The minimum Gasteiger partial charge on any atom is -0.486 e. The Labute approximate surface area is 124 Å². The van der Waals surface area contributed by atoms with Gasteiger partial charge in [0.25, 0.3) is 0 Å². The Morgan fingerprint density at radius 3 is 2.32 bits per heavy atom. The van der Waals surface area contributed by atoms with Crippen LogP contribution in [-0.2, 0) is 0 Å². The first-order chi connectivity index (χ1) is 9.22. The van der Waals surface area contributed by atoms with Gasteiger partial charge in [-0.1, -0.05) is 0 Å². The first kappa shape index (κ1) is 12.4. The number of hydrogen-bond acceptors (Lipinski definition) is 4. The van der Waals surface area contributed by atoms with Gasteiger partial charge in [-0.3, -0.25) is 0 Å². The van der Waals surface area contributed by atoms with E-state index in [0.29, 0.717) is 36.1 Å². The largest absolute Gasteiger partial charge is 0.486 e. The zero-order valence-electron chi connectivity index (χ0n) is 10.1. The Balaban J connectivity index is 1.90. The number of hydrogen-bond donors (Lipinski definition) is 1. The fourth-order valence-corrected chi connectivity index (χ4v) is 2.16. The molecule has 0 aliphatic carbocycles. The summed E-state index contributed by atoms with van der Waals surface area (Å²) in [5, 5.41) is 0. The molecule has 3 rings (SSSR count). The van der Waals surface area contributed by atoms with E-state index in [4.69, 9.17) is 19.9 Å². The van der Waals surface area contributed by atoms with E-state index in [9.17, 15) is 0 Å². The molecule has 1 heterocycles. The Morgan fingerprint density at radius 1 is 1.00 bits per heavy atom. The smallest absolute Gasteiger partial charge is 0.165 e. The van der Waals surface area contributed by atoms with Crippen molar-refractivity contribution in [2.24, 2.45) is 0 Å². The van der Waals surface area contributed by atoms with Crippen LogP contribution in [0.3, 0.4) is 0 Å². The van der Waals surface area contributed by atoms with Crippen molar-refractivity contribution in [3.8, 4) is 23.0 Å². The summed E-state index contributed by atoms with van der Waals surface area (Å²) in [4.78, 5) is 0. The molecule has 0 unspecified atom stereocenters. The fourth-order valence-electron chi connectivity index (χ4n) is 1.80. The third-order valence-corrected chi connectivity index (χ3v) is 3.44. The topological polar surface area (TPSA) is 53.7 Å². The van der Waals surface area contributed by atoms with Crippen LogP contribution >= 0.6 is 22.6 Å². The zero-order chi connectivity index (χ0) is 13.2. The van der Waals surface area contributed by atoms with Crippen LogP contribution in [0.1, 0.15) is 0 Å². The van der Waals surface area contributed by atoms with Crippen LogP contribution in [-0.4, -0.2) is 13.2 Å². The lowest BCUT2D eigenvalue weighted by Crippen LogP contribution is -2.15. The van der Waals surface area contributed by atoms with Crippen LogP contribution in [0.15, 0.2) is 36.4 Å². The number of rotatable bonds is 2. The van der Waals surface area contributed by atoms with E-state index in [1.807, 2.05) is 24.3 Å². The standard InChI is InChI=1S/C14H12INO3/c15-9-1-3-10(4-2-9)19-12-8-14-13(7-11(12)16)17-5-6-18-14/h1-4,7-8H,5-6,16H2. The van der Waals surface area contributed by atoms with Crippen molar-refractivity contribution in [2.45, 2.75) is 0 Å². The molecule has 0 saturated carbocycles. The van der Waals surface area contributed by atoms with Gasteiger partial charge in [0.05, 0.1) is 5.69 Å². The van der Waals surface area contributed by atoms with E-state index in [2.05, 4.69) is 22.6 Å². The van der Waals surface area contributed by atoms with Crippen molar-refractivity contribution in [1.82, 2.24) is 0 Å². The number of halogens is 1. The van der Waals surface area contributed by atoms with Gasteiger partial charge in [-0.2, -0.15) is 0 Å². The van der Waals surface area contributed by atoms with Crippen LogP contribution in [0.4, 0.5) is 5.69 Å². The molecule has 0 aromatic heterocycles. The SMILES string of the molecule is Nc1cc2c(cc1Oc1ccc(I)cc1)OCCO2. The third kappa shape index (κ3) is 2.70. The van der Waals surface area contributed by atoms with Gasteiger partial charge in [-0.15, -0.1) is 0 Å². The van der Waals surface area contributed by atoms with E-state index in [0.717, 1.165) is 9.32 Å². The van der Waals surface area contributed by atoms with Crippen LogP contribution < -0.4 is 19.9 Å². The summed E-state index contributed by atoms with van der Waals surface area (Å²) in [6.45, 7) is 1.09. The molecule has 2 N–H and O–H groups in total. The molecule has 0 atom stereocenters. The average Bonchev–Trinajstić information content (AvgIpc) is 2.42. The van der Waals surface area contributed by atoms with Crippen molar-refractivity contribution in [2.75, 3.05) is 18.9 Å². The van der Waals surface area contributed by atoms with E-state index in [1.165, 1.54) is 0 Å². The summed E-state index contributed by atoms with van der Waals surface area (Å²) in [5.41, 5.74) is 6.49. The molecule has 1 aliphatic rings. The third-order valence-electron chi connectivity index (χ3n) is 2.72. The maximum Gasteiger partial charge on any atom is 0.165 e. The van der Waals surface area contributed by atoms with Gasteiger partial charge in [0.15, 0.2) is 17.2 Å². The monoisotopic (exact) mass is 369 g/mol. The van der Waals surface area contributed by atoms with Crippen molar-refractivity contribution >= 4 is 28.3 Å². The van der Waals surface area contributed by atoms with Gasteiger partial charge >= 0.3 is 0 Å². The second kappa shape index (κ2) is 5.16. The summed E-state index contributed by atoms with van der Waals surface area (Å²) in [6.07, 6.45) is 0. The number of fused-ring (bicyclic) bond motifs is 1. The van der Waals surface area contributed by atoms with Crippen LogP contribution in [0, 0.1) is 3.57 Å². The molecule has 0 radical (unpaired) electrons. The quantitative estimate of drug-likeness (QED) is 0.651. The normalized spacial score (nSPS) is 13.1. The molecule has 98 valence electrons. The summed E-state index contributed by atoms with van der Waals surface area (Å²) in [6, 6.07) is 11.3. The summed E-state index contributed by atoms with van der Waals surface area (Å²) in [5.74, 6) is 2.65. The highest BCUT2D eigenvalue weighted by molar-refractivity contribution is 14.1.